The van der Waals surface area contributed by atoms with Gasteiger partial charge in [-0.2, -0.15) is 0 Å². The number of nitrogens with zero attached hydrogens (tertiary/aromatic N) is 1. The average Bonchev–Trinajstić information content (AvgIpc) is 2.78. The normalized spacial score (nSPS) is 19.3. The van der Waals surface area contributed by atoms with Crippen LogP contribution in [0.3, 0.4) is 0 Å². The second-order valence-electron chi connectivity index (χ2n) is 5.44. The van der Waals surface area contributed by atoms with Gasteiger partial charge in [-0.3, -0.25) is 0 Å². The van der Waals surface area contributed by atoms with E-state index in [1.807, 2.05) is 17.8 Å². The topological polar surface area (TPSA) is 24.9 Å². The highest BCUT2D eigenvalue weighted by atomic mass is 35.5. The SMILES string of the molecule is Cc1nc(C)c(C(C)NC2CCSc3ccc(Cl)cc32)s1. The first-order valence-corrected chi connectivity index (χ1v) is 9.35. The van der Waals surface area contributed by atoms with Crippen LogP contribution in [0.2, 0.25) is 5.02 Å². The molecule has 1 aromatic carbocycles. The van der Waals surface area contributed by atoms with Crippen LogP contribution in [0.5, 0.6) is 0 Å². The number of fused-ring (bicyclic) bond motifs is 1. The van der Waals surface area contributed by atoms with Crippen LogP contribution < -0.4 is 5.32 Å². The van der Waals surface area contributed by atoms with Crippen LogP contribution in [-0.4, -0.2) is 10.7 Å². The van der Waals surface area contributed by atoms with E-state index in [9.17, 15) is 0 Å². The molecule has 0 spiro atoms. The molecular weight excluding hydrogens is 320 g/mol. The molecule has 2 unspecified atom stereocenters. The Hall–Kier alpha value is -0.550. The molecule has 2 atom stereocenters. The van der Waals surface area contributed by atoms with E-state index in [1.54, 1.807) is 11.3 Å². The number of aromatic nitrogens is 1. The van der Waals surface area contributed by atoms with Gasteiger partial charge in [0, 0.05) is 26.9 Å². The number of hydrogen-bond donors (Lipinski definition) is 1. The summed E-state index contributed by atoms with van der Waals surface area (Å²) in [6, 6.07) is 6.92. The zero-order valence-corrected chi connectivity index (χ0v) is 14.8. The fourth-order valence-electron chi connectivity index (χ4n) is 2.86. The number of thioether (sulfide) groups is 1. The summed E-state index contributed by atoms with van der Waals surface area (Å²) >= 11 is 9.89. The predicted octanol–water partition coefficient (Wildman–Crippen LogP) is 5.30. The van der Waals surface area contributed by atoms with Gasteiger partial charge >= 0.3 is 0 Å². The third kappa shape index (κ3) is 3.29. The van der Waals surface area contributed by atoms with Gasteiger partial charge in [-0.05, 0) is 56.7 Å². The van der Waals surface area contributed by atoms with Gasteiger partial charge in [0.15, 0.2) is 0 Å². The summed E-state index contributed by atoms with van der Waals surface area (Å²) in [5.41, 5.74) is 2.48. The molecule has 1 aromatic heterocycles. The molecule has 5 heteroatoms. The number of rotatable bonds is 3. The first-order valence-electron chi connectivity index (χ1n) is 7.17. The molecular formula is C16H19ClN2S2. The van der Waals surface area contributed by atoms with Gasteiger partial charge in [-0.25, -0.2) is 4.98 Å². The van der Waals surface area contributed by atoms with E-state index >= 15 is 0 Å². The summed E-state index contributed by atoms with van der Waals surface area (Å²) in [5.74, 6) is 1.15. The van der Waals surface area contributed by atoms with Crippen LogP contribution in [0.15, 0.2) is 23.1 Å². The molecule has 2 heterocycles. The van der Waals surface area contributed by atoms with Gasteiger partial charge < -0.3 is 5.32 Å². The van der Waals surface area contributed by atoms with Crippen molar-refractivity contribution in [1.29, 1.82) is 0 Å². The van der Waals surface area contributed by atoms with Crippen LogP contribution in [0.4, 0.5) is 0 Å². The molecule has 2 nitrogen and oxygen atoms in total. The van der Waals surface area contributed by atoms with E-state index in [-0.39, 0.29) is 0 Å². The molecule has 0 aliphatic carbocycles. The van der Waals surface area contributed by atoms with E-state index in [2.05, 4.69) is 43.2 Å². The number of thiazole rings is 1. The number of nitrogens with one attached hydrogen (secondary N) is 1. The fourth-order valence-corrected chi connectivity index (χ4v) is 5.09. The Bertz CT molecular complexity index is 654. The molecule has 0 fully saturated rings. The third-order valence-electron chi connectivity index (χ3n) is 3.80. The summed E-state index contributed by atoms with van der Waals surface area (Å²) in [4.78, 5) is 7.23. The van der Waals surface area contributed by atoms with Crippen molar-refractivity contribution in [2.75, 3.05) is 5.75 Å². The Morgan fingerprint density at radius 2 is 2.19 bits per heavy atom. The number of hydrogen-bond acceptors (Lipinski definition) is 4. The molecule has 1 aliphatic heterocycles. The van der Waals surface area contributed by atoms with Crippen molar-refractivity contribution in [2.24, 2.45) is 0 Å². The molecule has 1 aliphatic rings. The monoisotopic (exact) mass is 338 g/mol. The number of halogens is 1. The minimum absolute atomic E-state index is 0.316. The average molecular weight is 339 g/mol. The fraction of sp³-hybridized carbons (Fsp3) is 0.438. The highest BCUT2D eigenvalue weighted by molar-refractivity contribution is 7.99. The molecule has 0 saturated carbocycles. The Morgan fingerprint density at radius 3 is 2.90 bits per heavy atom. The molecule has 0 saturated heterocycles. The predicted molar refractivity (Wildman–Crippen MR) is 92.7 cm³/mol. The van der Waals surface area contributed by atoms with Gasteiger partial charge in [0.25, 0.3) is 0 Å². The zero-order valence-electron chi connectivity index (χ0n) is 12.4. The van der Waals surface area contributed by atoms with Crippen LogP contribution in [0.1, 0.15) is 46.6 Å². The van der Waals surface area contributed by atoms with E-state index in [1.165, 1.54) is 15.3 Å². The Balaban J connectivity index is 1.83. The molecule has 3 rings (SSSR count). The van der Waals surface area contributed by atoms with Crippen molar-refractivity contribution in [2.45, 2.75) is 44.2 Å². The van der Waals surface area contributed by atoms with E-state index < -0.39 is 0 Å². The number of benzene rings is 1. The summed E-state index contributed by atoms with van der Waals surface area (Å²) < 4.78 is 0. The standard InChI is InChI=1S/C16H19ClN2S2/c1-9-16(21-11(3)18-9)10(2)19-14-6-7-20-15-5-4-12(17)8-13(14)15/h4-5,8,10,14,19H,6-7H2,1-3H3. The summed E-state index contributed by atoms with van der Waals surface area (Å²) in [6.45, 7) is 6.39. The smallest absolute Gasteiger partial charge is 0.0900 e. The van der Waals surface area contributed by atoms with Crippen molar-refractivity contribution in [3.8, 4) is 0 Å². The zero-order chi connectivity index (χ0) is 15.0. The molecule has 0 radical (unpaired) electrons. The first-order chi connectivity index (χ1) is 10.0. The lowest BCUT2D eigenvalue weighted by Gasteiger charge is -2.29. The highest BCUT2D eigenvalue weighted by Gasteiger charge is 2.24. The lowest BCUT2D eigenvalue weighted by Crippen LogP contribution is -2.27. The van der Waals surface area contributed by atoms with E-state index in [0.717, 1.165) is 27.9 Å². The minimum atomic E-state index is 0.316. The van der Waals surface area contributed by atoms with Crippen molar-refractivity contribution >= 4 is 34.7 Å². The van der Waals surface area contributed by atoms with Crippen molar-refractivity contribution in [1.82, 2.24) is 10.3 Å². The second kappa shape index (κ2) is 6.29. The van der Waals surface area contributed by atoms with Crippen LogP contribution in [0, 0.1) is 13.8 Å². The molecule has 112 valence electrons. The molecule has 1 N–H and O–H groups in total. The molecule has 0 amide bonds. The largest absolute Gasteiger partial charge is 0.302 e. The maximum Gasteiger partial charge on any atom is 0.0900 e. The quantitative estimate of drug-likeness (QED) is 0.821. The summed E-state index contributed by atoms with van der Waals surface area (Å²) in [6.07, 6.45) is 1.14. The highest BCUT2D eigenvalue weighted by Crippen LogP contribution is 2.39. The van der Waals surface area contributed by atoms with Crippen molar-refractivity contribution in [3.05, 3.63) is 44.4 Å². The maximum atomic E-state index is 6.18. The number of aryl methyl sites for hydroxylation is 2. The maximum absolute atomic E-state index is 6.18. The van der Waals surface area contributed by atoms with Crippen LogP contribution in [0.25, 0.3) is 0 Å². The van der Waals surface area contributed by atoms with E-state index in [4.69, 9.17) is 11.6 Å². The van der Waals surface area contributed by atoms with Gasteiger partial charge in [-0.1, -0.05) is 11.6 Å². The molecule has 2 aromatic rings. The van der Waals surface area contributed by atoms with Crippen molar-refractivity contribution in [3.63, 3.8) is 0 Å². The van der Waals surface area contributed by atoms with Crippen LogP contribution in [-0.2, 0) is 0 Å². The second-order valence-corrected chi connectivity index (χ2v) is 8.25. The van der Waals surface area contributed by atoms with Gasteiger partial charge in [0.05, 0.1) is 10.7 Å². The van der Waals surface area contributed by atoms with Gasteiger partial charge in [-0.15, -0.1) is 23.1 Å². The molecule has 0 bridgehead atoms. The molecule has 21 heavy (non-hydrogen) atoms. The first kappa shape index (κ1) is 15.3. The van der Waals surface area contributed by atoms with Gasteiger partial charge in [0.1, 0.15) is 0 Å². The van der Waals surface area contributed by atoms with E-state index in [0.29, 0.717) is 12.1 Å². The lowest BCUT2D eigenvalue weighted by atomic mass is 10.0. The summed E-state index contributed by atoms with van der Waals surface area (Å²) in [7, 11) is 0. The van der Waals surface area contributed by atoms with Gasteiger partial charge in [0.2, 0.25) is 0 Å². The summed E-state index contributed by atoms with van der Waals surface area (Å²) in [5, 5.41) is 5.73. The Morgan fingerprint density at radius 1 is 1.38 bits per heavy atom. The minimum Gasteiger partial charge on any atom is -0.302 e. The Labute approximate surface area is 139 Å². The van der Waals surface area contributed by atoms with Crippen molar-refractivity contribution < 1.29 is 0 Å². The van der Waals surface area contributed by atoms with Crippen LogP contribution >= 0.6 is 34.7 Å². The lowest BCUT2D eigenvalue weighted by molar-refractivity contribution is 0.453. The Kier molecular flexibility index (Phi) is 4.60. The third-order valence-corrected chi connectivity index (χ3v) is 6.41.